The van der Waals surface area contributed by atoms with Gasteiger partial charge in [0.15, 0.2) is 0 Å². The summed E-state index contributed by atoms with van der Waals surface area (Å²) in [4.78, 5) is 14.9. The molecule has 1 aliphatic rings. The lowest BCUT2D eigenvalue weighted by atomic mass is 9.99. The highest BCUT2D eigenvalue weighted by atomic mass is 16.5. The van der Waals surface area contributed by atoms with Gasteiger partial charge in [-0.25, -0.2) is 4.98 Å². The van der Waals surface area contributed by atoms with Crippen molar-refractivity contribution in [2.45, 2.75) is 12.5 Å². The highest BCUT2D eigenvalue weighted by Gasteiger charge is 2.32. The highest BCUT2D eigenvalue weighted by Crippen LogP contribution is 2.28. The van der Waals surface area contributed by atoms with E-state index in [4.69, 9.17) is 8.94 Å². The summed E-state index contributed by atoms with van der Waals surface area (Å²) in [7, 11) is 0. The molecule has 0 saturated carbocycles. The van der Waals surface area contributed by atoms with Crippen LogP contribution in [0.3, 0.4) is 0 Å². The molecule has 0 bridgehead atoms. The average Bonchev–Trinajstić information content (AvgIpc) is 3.15. The third-order valence-corrected chi connectivity index (χ3v) is 3.53. The van der Waals surface area contributed by atoms with Gasteiger partial charge >= 0.3 is 0 Å². The summed E-state index contributed by atoms with van der Waals surface area (Å²) in [6.07, 6.45) is 8.32. The zero-order valence-electron chi connectivity index (χ0n) is 11.2. The summed E-state index contributed by atoms with van der Waals surface area (Å²) in [6.45, 7) is 2.71. The number of rotatable bonds is 4. The van der Waals surface area contributed by atoms with Crippen LogP contribution in [0.4, 0.5) is 0 Å². The van der Waals surface area contributed by atoms with Gasteiger partial charge in [0.1, 0.15) is 5.69 Å². The van der Waals surface area contributed by atoms with Crippen molar-refractivity contribution < 1.29 is 8.94 Å². The molecule has 0 aliphatic carbocycles. The zero-order valence-corrected chi connectivity index (χ0v) is 11.2. The Kier molecular flexibility index (Phi) is 2.97. The van der Waals surface area contributed by atoms with E-state index in [-0.39, 0.29) is 5.92 Å². The minimum absolute atomic E-state index is 0.287. The maximum atomic E-state index is 5.33. The molecular formula is C14H13N5O2. The molecule has 7 nitrogen and oxygen atoms in total. The topological polar surface area (TPSA) is 81.1 Å². The van der Waals surface area contributed by atoms with Gasteiger partial charge in [0, 0.05) is 37.6 Å². The van der Waals surface area contributed by atoms with Crippen LogP contribution >= 0.6 is 0 Å². The predicted octanol–water partition coefficient (Wildman–Crippen LogP) is 1.72. The second kappa shape index (κ2) is 5.10. The largest absolute Gasteiger partial charge is 0.472 e. The number of hydrogen-bond acceptors (Lipinski definition) is 7. The minimum Gasteiger partial charge on any atom is -0.472 e. The summed E-state index contributed by atoms with van der Waals surface area (Å²) >= 11 is 0. The van der Waals surface area contributed by atoms with Gasteiger partial charge < -0.3 is 8.94 Å². The fourth-order valence-electron chi connectivity index (χ4n) is 2.42. The van der Waals surface area contributed by atoms with E-state index in [9.17, 15) is 0 Å². The summed E-state index contributed by atoms with van der Waals surface area (Å²) < 4.78 is 10.4. The molecule has 4 heterocycles. The van der Waals surface area contributed by atoms with Crippen molar-refractivity contribution in [1.29, 1.82) is 0 Å². The lowest BCUT2D eigenvalue weighted by Gasteiger charge is -2.36. The molecule has 3 aromatic heterocycles. The van der Waals surface area contributed by atoms with E-state index >= 15 is 0 Å². The van der Waals surface area contributed by atoms with Gasteiger partial charge in [0.25, 0.3) is 0 Å². The second-order valence-corrected chi connectivity index (χ2v) is 5.07. The van der Waals surface area contributed by atoms with Gasteiger partial charge in [0.2, 0.25) is 11.7 Å². The predicted molar refractivity (Wildman–Crippen MR) is 72.1 cm³/mol. The third-order valence-electron chi connectivity index (χ3n) is 3.53. The van der Waals surface area contributed by atoms with E-state index in [1.165, 1.54) is 5.56 Å². The summed E-state index contributed by atoms with van der Waals surface area (Å²) in [5, 5.41) is 3.97. The number of nitrogens with zero attached hydrogens (tertiary/aromatic N) is 5. The minimum atomic E-state index is 0.287. The van der Waals surface area contributed by atoms with Crippen molar-refractivity contribution in [3.63, 3.8) is 0 Å². The maximum absolute atomic E-state index is 5.33. The first-order chi connectivity index (χ1) is 10.4. The van der Waals surface area contributed by atoms with E-state index in [2.05, 4.69) is 25.0 Å². The smallest absolute Gasteiger partial charge is 0.232 e. The first-order valence-electron chi connectivity index (χ1n) is 6.72. The molecule has 7 heteroatoms. The maximum Gasteiger partial charge on any atom is 0.232 e. The van der Waals surface area contributed by atoms with Gasteiger partial charge in [-0.1, -0.05) is 5.16 Å². The molecule has 106 valence electrons. The van der Waals surface area contributed by atoms with Gasteiger partial charge in [-0.15, -0.1) is 0 Å². The molecule has 0 N–H and O–H groups in total. The quantitative estimate of drug-likeness (QED) is 0.721. The molecule has 0 radical (unpaired) electrons. The van der Waals surface area contributed by atoms with Crippen LogP contribution < -0.4 is 0 Å². The first-order valence-corrected chi connectivity index (χ1v) is 6.72. The van der Waals surface area contributed by atoms with Crippen molar-refractivity contribution >= 4 is 0 Å². The van der Waals surface area contributed by atoms with Gasteiger partial charge in [-0.2, -0.15) is 4.98 Å². The Balaban J connectivity index is 1.40. The SMILES string of the molecule is c1cnc(-c2noc(C3CN(Cc4ccoc4)C3)n2)cn1. The Morgan fingerprint density at radius 3 is 3.00 bits per heavy atom. The third kappa shape index (κ3) is 2.43. The standard InChI is InChI=1S/C14H13N5O2/c1-4-20-9-10(1)6-19-7-11(8-19)14-17-13(18-21-14)12-5-15-2-3-16-12/h1-5,9,11H,6-8H2. The molecule has 3 aromatic rings. The Labute approximate surface area is 120 Å². The Bertz CT molecular complexity index is 704. The molecule has 0 atom stereocenters. The fourth-order valence-corrected chi connectivity index (χ4v) is 2.42. The second-order valence-electron chi connectivity index (χ2n) is 5.07. The number of hydrogen-bond donors (Lipinski definition) is 0. The molecule has 0 aromatic carbocycles. The van der Waals surface area contributed by atoms with Crippen LogP contribution in [-0.4, -0.2) is 38.1 Å². The van der Waals surface area contributed by atoms with Gasteiger partial charge in [-0.3, -0.25) is 9.88 Å². The normalized spacial score (nSPS) is 16.0. The summed E-state index contributed by atoms with van der Waals surface area (Å²) in [5.41, 5.74) is 1.81. The molecule has 0 amide bonds. The lowest BCUT2D eigenvalue weighted by Crippen LogP contribution is -2.44. The van der Waals surface area contributed by atoms with E-state index in [0.717, 1.165) is 19.6 Å². The summed E-state index contributed by atoms with van der Waals surface area (Å²) in [5.74, 6) is 1.44. The number of furan rings is 1. The molecule has 4 rings (SSSR count). The van der Waals surface area contributed by atoms with Crippen LogP contribution in [0.5, 0.6) is 0 Å². The monoisotopic (exact) mass is 283 g/mol. The fraction of sp³-hybridized carbons (Fsp3) is 0.286. The highest BCUT2D eigenvalue weighted by molar-refractivity contribution is 5.45. The lowest BCUT2D eigenvalue weighted by molar-refractivity contribution is 0.117. The Hall–Kier alpha value is -2.54. The van der Waals surface area contributed by atoms with Crippen molar-refractivity contribution in [3.05, 3.63) is 48.6 Å². The van der Waals surface area contributed by atoms with Crippen molar-refractivity contribution in [2.75, 3.05) is 13.1 Å². The average molecular weight is 283 g/mol. The molecule has 0 spiro atoms. The molecule has 1 saturated heterocycles. The zero-order chi connectivity index (χ0) is 14.1. The van der Waals surface area contributed by atoms with Gasteiger partial charge in [-0.05, 0) is 6.07 Å². The van der Waals surface area contributed by atoms with E-state index in [1.807, 2.05) is 6.07 Å². The molecular weight excluding hydrogens is 270 g/mol. The first kappa shape index (κ1) is 12.2. The van der Waals surface area contributed by atoms with Crippen LogP contribution in [-0.2, 0) is 6.54 Å². The van der Waals surface area contributed by atoms with Crippen molar-refractivity contribution in [3.8, 4) is 11.5 Å². The van der Waals surface area contributed by atoms with E-state index in [0.29, 0.717) is 17.4 Å². The number of aromatic nitrogens is 4. The Morgan fingerprint density at radius 1 is 1.29 bits per heavy atom. The van der Waals surface area contributed by atoms with Gasteiger partial charge in [0.05, 0.1) is 24.6 Å². The molecule has 0 unspecified atom stereocenters. The van der Waals surface area contributed by atoms with Crippen LogP contribution in [0.2, 0.25) is 0 Å². The van der Waals surface area contributed by atoms with Crippen LogP contribution in [0.1, 0.15) is 17.4 Å². The van der Waals surface area contributed by atoms with Crippen LogP contribution in [0.15, 0.2) is 46.1 Å². The molecule has 1 aliphatic heterocycles. The van der Waals surface area contributed by atoms with Crippen molar-refractivity contribution in [2.24, 2.45) is 0 Å². The summed E-state index contributed by atoms with van der Waals surface area (Å²) in [6, 6.07) is 1.98. The molecule has 21 heavy (non-hydrogen) atoms. The van der Waals surface area contributed by atoms with Crippen LogP contribution in [0.25, 0.3) is 11.5 Å². The Morgan fingerprint density at radius 2 is 2.24 bits per heavy atom. The van der Waals surface area contributed by atoms with Crippen molar-refractivity contribution in [1.82, 2.24) is 25.0 Å². The van der Waals surface area contributed by atoms with Crippen LogP contribution in [0, 0.1) is 0 Å². The van der Waals surface area contributed by atoms with E-state index < -0.39 is 0 Å². The number of likely N-dealkylation sites (tertiary alicyclic amines) is 1. The molecule has 1 fully saturated rings. The van der Waals surface area contributed by atoms with E-state index in [1.54, 1.807) is 31.1 Å².